The Hall–Kier alpha value is -1.28. The van der Waals surface area contributed by atoms with Crippen LogP contribution in [-0.2, 0) is 6.54 Å². The molecule has 0 amide bonds. The van der Waals surface area contributed by atoms with Gasteiger partial charge < -0.3 is 5.11 Å². The third kappa shape index (κ3) is 2.70. The van der Waals surface area contributed by atoms with Crippen molar-refractivity contribution >= 4 is 22.9 Å². The molecular formula is C12H11ClN2OS. The van der Waals surface area contributed by atoms with Crippen LogP contribution in [0.2, 0.25) is 5.02 Å². The Balaban J connectivity index is 2.25. The molecule has 3 nitrogen and oxygen atoms in total. The van der Waals surface area contributed by atoms with Crippen molar-refractivity contribution in [2.75, 3.05) is 6.61 Å². The monoisotopic (exact) mass is 266 g/mol. The summed E-state index contributed by atoms with van der Waals surface area (Å²) in [4.78, 5) is 1.12. The summed E-state index contributed by atoms with van der Waals surface area (Å²) in [6.07, 6.45) is 1.64. The van der Waals surface area contributed by atoms with Gasteiger partial charge >= 0.3 is 0 Å². The van der Waals surface area contributed by atoms with Crippen LogP contribution in [0, 0.1) is 18.8 Å². The maximum Gasteiger partial charge on any atom is 0.104 e. The summed E-state index contributed by atoms with van der Waals surface area (Å²) in [5.74, 6) is 5.58. The average molecular weight is 267 g/mol. The smallest absolute Gasteiger partial charge is 0.104 e. The largest absolute Gasteiger partial charge is 0.384 e. The van der Waals surface area contributed by atoms with Gasteiger partial charge in [-0.05, 0) is 18.4 Å². The first kappa shape index (κ1) is 12.2. The zero-order valence-electron chi connectivity index (χ0n) is 9.27. The first-order chi connectivity index (χ1) is 8.22. The molecule has 0 aliphatic rings. The van der Waals surface area contributed by atoms with Gasteiger partial charge in [0.1, 0.15) is 6.61 Å². The maximum absolute atomic E-state index is 8.69. The quantitative estimate of drug-likeness (QED) is 0.847. The van der Waals surface area contributed by atoms with Crippen molar-refractivity contribution in [2.24, 2.45) is 0 Å². The summed E-state index contributed by atoms with van der Waals surface area (Å²) >= 11 is 7.58. The predicted octanol–water partition coefficient (Wildman–Crippen LogP) is 2.30. The minimum absolute atomic E-state index is 0.123. The van der Waals surface area contributed by atoms with Gasteiger partial charge in [0.2, 0.25) is 0 Å². The first-order valence-corrected chi connectivity index (χ1v) is 6.32. The zero-order valence-corrected chi connectivity index (χ0v) is 10.8. The summed E-state index contributed by atoms with van der Waals surface area (Å²) in [5, 5.41) is 15.5. The second-order valence-electron chi connectivity index (χ2n) is 3.45. The van der Waals surface area contributed by atoms with Crippen molar-refractivity contribution in [3.8, 4) is 11.8 Å². The van der Waals surface area contributed by atoms with Gasteiger partial charge in [-0.25, -0.2) is 0 Å². The van der Waals surface area contributed by atoms with Crippen molar-refractivity contribution in [1.29, 1.82) is 0 Å². The van der Waals surface area contributed by atoms with E-state index >= 15 is 0 Å². The lowest BCUT2D eigenvalue weighted by Crippen LogP contribution is -2.03. The van der Waals surface area contributed by atoms with E-state index in [0.29, 0.717) is 11.6 Å². The minimum Gasteiger partial charge on any atom is -0.384 e. The van der Waals surface area contributed by atoms with E-state index in [2.05, 4.69) is 16.9 Å². The number of thiophene rings is 1. The van der Waals surface area contributed by atoms with Gasteiger partial charge in [-0.3, -0.25) is 4.68 Å². The van der Waals surface area contributed by atoms with E-state index in [0.717, 1.165) is 16.1 Å². The predicted molar refractivity (Wildman–Crippen MR) is 69.4 cm³/mol. The molecule has 0 atom stereocenters. The topological polar surface area (TPSA) is 38.0 Å². The molecule has 88 valence electrons. The number of aliphatic hydroxyl groups excluding tert-OH is 1. The molecule has 2 heterocycles. The summed E-state index contributed by atoms with van der Waals surface area (Å²) in [5.41, 5.74) is 1.89. The van der Waals surface area contributed by atoms with Crippen LogP contribution in [0.25, 0.3) is 0 Å². The van der Waals surface area contributed by atoms with Gasteiger partial charge in [0.25, 0.3) is 0 Å². The Bertz CT molecular complexity index is 577. The molecule has 0 aromatic carbocycles. The highest BCUT2D eigenvalue weighted by molar-refractivity contribution is 7.10. The number of aliphatic hydroxyl groups is 1. The molecule has 0 fully saturated rings. The molecule has 0 saturated heterocycles. The van der Waals surface area contributed by atoms with Crippen LogP contribution in [-0.4, -0.2) is 21.5 Å². The van der Waals surface area contributed by atoms with Crippen LogP contribution >= 0.6 is 22.9 Å². The number of rotatable bonds is 2. The van der Waals surface area contributed by atoms with Gasteiger partial charge in [-0.15, -0.1) is 11.3 Å². The second-order valence-corrected chi connectivity index (χ2v) is 4.86. The molecule has 0 saturated carbocycles. The molecular weight excluding hydrogens is 256 g/mol. The molecule has 0 spiro atoms. The number of halogens is 1. The van der Waals surface area contributed by atoms with E-state index in [-0.39, 0.29) is 6.61 Å². The van der Waals surface area contributed by atoms with E-state index in [1.54, 1.807) is 17.5 Å². The van der Waals surface area contributed by atoms with E-state index in [9.17, 15) is 0 Å². The van der Waals surface area contributed by atoms with Crippen LogP contribution in [0.15, 0.2) is 17.6 Å². The minimum atomic E-state index is -0.123. The summed E-state index contributed by atoms with van der Waals surface area (Å²) < 4.78 is 1.85. The lowest BCUT2D eigenvalue weighted by atomic mass is 10.2. The molecule has 0 aliphatic carbocycles. The molecule has 17 heavy (non-hydrogen) atoms. The third-order valence-corrected chi connectivity index (χ3v) is 3.66. The Morgan fingerprint density at radius 1 is 1.59 bits per heavy atom. The normalized spacial score (nSPS) is 10.1. The number of hydrogen-bond acceptors (Lipinski definition) is 3. The van der Waals surface area contributed by atoms with Crippen molar-refractivity contribution in [2.45, 2.75) is 13.5 Å². The van der Waals surface area contributed by atoms with Gasteiger partial charge in [-0.2, -0.15) is 5.10 Å². The Morgan fingerprint density at radius 2 is 2.41 bits per heavy atom. The lowest BCUT2D eigenvalue weighted by Gasteiger charge is -2.03. The second kappa shape index (κ2) is 5.37. The lowest BCUT2D eigenvalue weighted by molar-refractivity contribution is 0.350. The molecule has 5 heteroatoms. The highest BCUT2D eigenvalue weighted by Gasteiger charge is 2.07. The fourth-order valence-corrected chi connectivity index (χ4v) is 2.38. The molecule has 0 aliphatic heterocycles. The molecule has 0 unspecified atom stereocenters. The Kier molecular flexibility index (Phi) is 3.85. The molecule has 2 rings (SSSR count). The number of aromatic nitrogens is 2. The SMILES string of the molecule is Cc1c(Cl)cnn1Cc1sccc1C#CCO. The average Bonchev–Trinajstić information content (AvgIpc) is 2.89. The first-order valence-electron chi connectivity index (χ1n) is 5.06. The molecule has 2 aromatic rings. The fraction of sp³-hybridized carbons (Fsp3) is 0.250. The van der Waals surface area contributed by atoms with Gasteiger partial charge in [0.05, 0.1) is 23.5 Å². The maximum atomic E-state index is 8.69. The third-order valence-electron chi connectivity index (χ3n) is 2.38. The molecule has 0 bridgehead atoms. The van der Waals surface area contributed by atoms with Crippen molar-refractivity contribution < 1.29 is 5.11 Å². The van der Waals surface area contributed by atoms with E-state index < -0.39 is 0 Å². The highest BCUT2D eigenvalue weighted by atomic mass is 35.5. The highest BCUT2D eigenvalue weighted by Crippen LogP contribution is 2.20. The van der Waals surface area contributed by atoms with E-state index in [4.69, 9.17) is 16.7 Å². The van der Waals surface area contributed by atoms with E-state index in [1.165, 1.54) is 0 Å². The Morgan fingerprint density at radius 3 is 3.06 bits per heavy atom. The molecule has 1 N–H and O–H groups in total. The van der Waals surface area contributed by atoms with Crippen LogP contribution in [0.3, 0.4) is 0 Å². The van der Waals surface area contributed by atoms with Crippen LogP contribution in [0.1, 0.15) is 16.1 Å². The van der Waals surface area contributed by atoms with E-state index in [1.807, 2.05) is 23.1 Å². The van der Waals surface area contributed by atoms with Crippen LogP contribution < -0.4 is 0 Å². The zero-order chi connectivity index (χ0) is 12.3. The van der Waals surface area contributed by atoms with Crippen LogP contribution in [0.4, 0.5) is 0 Å². The van der Waals surface area contributed by atoms with Crippen molar-refractivity contribution in [3.63, 3.8) is 0 Å². The van der Waals surface area contributed by atoms with Gasteiger partial charge in [-0.1, -0.05) is 23.4 Å². The fourth-order valence-electron chi connectivity index (χ4n) is 1.43. The summed E-state index contributed by atoms with van der Waals surface area (Å²) in [7, 11) is 0. The van der Waals surface area contributed by atoms with Crippen molar-refractivity contribution in [1.82, 2.24) is 9.78 Å². The summed E-state index contributed by atoms with van der Waals surface area (Å²) in [6, 6.07) is 1.95. The van der Waals surface area contributed by atoms with Crippen LogP contribution in [0.5, 0.6) is 0 Å². The van der Waals surface area contributed by atoms with Gasteiger partial charge in [0, 0.05) is 10.4 Å². The molecule has 2 aromatic heterocycles. The number of nitrogens with zero attached hydrogens (tertiary/aromatic N) is 2. The molecule has 0 radical (unpaired) electrons. The van der Waals surface area contributed by atoms with Gasteiger partial charge in [0.15, 0.2) is 0 Å². The van der Waals surface area contributed by atoms with Crippen molar-refractivity contribution in [3.05, 3.63) is 38.8 Å². The summed E-state index contributed by atoms with van der Waals surface area (Å²) in [6.45, 7) is 2.47. The Labute approximate surface area is 109 Å². The number of hydrogen-bond donors (Lipinski definition) is 1. The standard InChI is InChI=1S/C12H11ClN2OS/c1-9-11(13)7-14-15(9)8-12-10(3-2-5-16)4-6-17-12/h4,6-7,16H,5,8H2,1H3.